The maximum Gasteiger partial charge on any atom is 0.0390 e. The Bertz CT molecular complexity index is 362. The number of thioether (sulfide) groups is 1. The highest BCUT2D eigenvalue weighted by Gasteiger charge is 2.35. The molecule has 1 aliphatic rings. The average Bonchev–Trinajstić information content (AvgIpc) is 2.07. The summed E-state index contributed by atoms with van der Waals surface area (Å²) in [6, 6.07) is 4.71. The van der Waals surface area contributed by atoms with Gasteiger partial charge in [0.05, 0.1) is 0 Å². The van der Waals surface area contributed by atoms with Gasteiger partial charge in [0.2, 0.25) is 0 Å². The third-order valence-electron chi connectivity index (χ3n) is 3.41. The second-order valence-electron chi connectivity index (χ2n) is 4.58. The zero-order chi connectivity index (χ0) is 10.3. The smallest absolute Gasteiger partial charge is 0.0390 e. The first kappa shape index (κ1) is 10.1. The monoisotopic (exact) mass is 206 g/mol. The van der Waals surface area contributed by atoms with E-state index in [1.807, 2.05) is 0 Å². The summed E-state index contributed by atoms with van der Waals surface area (Å²) >= 11 is 2.09. The molecule has 0 aliphatic carbocycles. The molecule has 0 nitrogen and oxygen atoms in total. The molecule has 1 heterocycles. The van der Waals surface area contributed by atoms with E-state index in [2.05, 4.69) is 51.6 Å². The Labute approximate surface area is 91.1 Å². The highest BCUT2D eigenvalue weighted by Crippen LogP contribution is 2.50. The van der Waals surface area contributed by atoms with Crippen molar-refractivity contribution in [3.8, 4) is 0 Å². The lowest BCUT2D eigenvalue weighted by molar-refractivity contribution is 0.621. The van der Waals surface area contributed by atoms with Crippen LogP contribution in [0.25, 0.3) is 0 Å². The summed E-state index contributed by atoms with van der Waals surface area (Å²) in [4.78, 5) is 0. The maximum atomic E-state index is 2.39. The predicted molar refractivity (Wildman–Crippen MR) is 65.1 cm³/mol. The fraction of sp³-hybridized carbons (Fsp3) is 0.538. The van der Waals surface area contributed by atoms with Crippen LogP contribution in [0.3, 0.4) is 0 Å². The third kappa shape index (κ3) is 1.48. The van der Waals surface area contributed by atoms with Gasteiger partial charge in [-0.25, -0.2) is 0 Å². The van der Waals surface area contributed by atoms with Gasteiger partial charge in [0.15, 0.2) is 0 Å². The van der Waals surface area contributed by atoms with Crippen molar-refractivity contribution in [2.24, 2.45) is 0 Å². The van der Waals surface area contributed by atoms with Gasteiger partial charge < -0.3 is 0 Å². The molecule has 1 aromatic rings. The van der Waals surface area contributed by atoms with Crippen molar-refractivity contribution in [1.82, 2.24) is 0 Å². The fourth-order valence-corrected chi connectivity index (χ4v) is 3.34. The zero-order valence-corrected chi connectivity index (χ0v) is 10.3. The summed E-state index contributed by atoms with van der Waals surface area (Å²) in [5, 5.41) is 0. The third-order valence-corrected chi connectivity index (χ3v) is 4.88. The van der Waals surface area contributed by atoms with E-state index in [0.717, 1.165) is 0 Å². The Balaban J connectivity index is 2.48. The van der Waals surface area contributed by atoms with Gasteiger partial charge in [0, 0.05) is 4.75 Å². The van der Waals surface area contributed by atoms with Crippen LogP contribution in [0.1, 0.15) is 35.6 Å². The van der Waals surface area contributed by atoms with Crippen LogP contribution in [0.15, 0.2) is 12.1 Å². The highest BCUT2D eigenvalue weighted by atomic mass is 32.2. The molecule has 0 bridgehead atoms. The predicted octanol–water partition coefficient (Wildman–Crippen LogP) is 3.96. The summed E-state index contributed by atoms with van der Waals surface area (Å²) in [6.45, 7) is 9.03. The topological polar surface area (TPSA) is 0 Å². The molecule has 1 unspecified atom stereocenters. The molecular weight excluding hydrogens is 188 g/mol. The Morgan fingerprint density at radius 2 is 1.64 bits per heavy atom. The zero-order valence-electron chi connectivity index (χ0n) is 9.48. The molecule has 14 heavy (non-hydrogen) atoms. The van der Waals surface area contributed by atoms with E-state index in [0.29, 0.717) is 4.75 Å². The van der Waals surface area contributed by atoms with Crippen molar-refractivity contribution in [1.29, 1.82) is 0 Å². The molecule has 1 aromatic carbocycles. The lowest BCUT2D eigenvalue weighted by Crippen LogP contribution is -2.28. The SMILES string of the molecule is Cc1cc(C)c(C2(C)CCS2)cc1C. The van der Waals surface area contributed by atoms with E-state index < -0.39 is 0 Å². The number of hydrogen-bond donors (Lipinski definition) is 0. The van der Waals surface area contributed by atoms with Crippen LogP contribution in [0.2, 0.25) is 0 Å². The second-order valence-corrected chi connectivity index (χ2v) is 6.18. The molecular formula is C13H18S. The molecule has 0 spiro atoms. The van der Waals surface area contributed by atoms with Crippen molar-refractivity contribution in [2.75, 3.05) is 5.75 Å². The molecule has 1 aliphatic heterocycles. The maximum absolute atomic E-state index is 2.39. The van der Waals surface area contributed by atoms with E-state index in [-0.39, 0.29) is 0 Å². The van der Waals surface area contributed by atoms with Crippen molar-refractivity contribution in [2.45, 2.75) is 38.9 Å². The van der Waals surface area contributed by atoms with E-state index in [4.69, 9.17) is 0 Å². The van der Waals surface area contributed by atoms with Gasteiger partial charge in [0.25, 0.3) is 0 Å². The van der Waals surface area contributed by atoms with Crippen LogP contribution in [-0.4, -0.2) is 5.75 Å². The minimum absolute atomic E-state index is 0.405. The second kappa shape index (κ2) is 3.30. The summed E-state index contributed by atoms with van der Waals surface area (Å²) in [6.07, 6.45) is 1.33. The average molecular weight is 206 g/mol. The van der Waals surface area contributed by atoms with Gasteiger partial charge in [-0.1, -0.05) is 12.1 Å². The molecule has 0 N–H and O–H groups in total. The molecule has 1 saturated heterocycles. The molecule has 1 atom stereocenters. The van der Waals surface area contributed by atoms with Crippen molar-refractivity contribution in [3.05, 3.63) is 34.4 Å². The summed E-state index contributed by atoms with van der Waals surface area (Å²) < 4.78 is 0.405. The van der Waals surface area contributed by atoms with E-state index in [9.17, 15) is 0 Å². The number of aryl methyl sites for hydroxylation is 3. The van der Waals surface area contributed by atoms with Gasteiger partial charge in [-0.15, -0.1) is 0 Å². The molecule has 1 heteroatoms. The Morgan fingerprint density at radius 3 is 2.14 bits per heavy atom. The normalized spacial score (nSPS) is 26.0. The van der Waals surface area contributed by atoms with Crippen LogP contribution in [0, 0.1) is 20.8 Å². The number of hydrogen-bond acceptors (Lipinski definition) is 1. The van der Waals surface area contributed by atoms with E-state index >= 15 is 0 Å². The number of rotatable bonds is 1. The summed E-state index contributed by atoms with van der Waals surface area (Å²) in [5.41, 5.74) is 5.86. The molecule has 0 aromatic heterocycles. The molecule has 0 amide bonds. The first-order valence-electron chi connectivity index (χ1n) is 5.25. The molecule has 2 rings (SSSR count). The quantitative estimate of drug-likeness (QED) is 0.670. The summed E-state index contributed by atoms with van der Waals surface area (Å²) in [7, 11) is 0. The van der Waals surface area contributed by atoms with Gasteiger partial charge in [-0.2, -0.15) is 11.8 Å². The lowest BCUT2D eigenvalue weighted by Gasteiger charge is -2.39. The Kier molecular flexibility index (Phi) is 2.38. The van der Waals surface area contributed by atoms with E-state index in [1.165, 1.54) is 28.9 Å². The largest absolute Gasteiger partial charge is 0.151 e. The van der Waals surface area contributed by atoms with Crippen molar-refractivity contribution in [3.63, 3.8) is 0 Å². The van der Waals surface area contributed by atoms with Gasteiger partial charge in [-0.3, -0.25) is 0 Å². The molecule has 0 saturated carbocycles. The molecule has 1 fully saturated rings. The first-order chi connectivity index (χ1) is 6.53. The number of benzene rings is 1. The van der Waals surface area contributed by atoms with Crippen LogP contribution in [-0.2, 0) is 4.75 Å². The lowest BCUT2D eigenvalue weighted by atomic mass is 9.89. The standard InChI is InChI=1S/C13H18S/c1-9-7-11(3)12(8-10(9)2)13(4)5-6-14-13/h7-8H,5-6H2,1-4H3. The van der Waals surface area contributed by atoms with Gasteiger partial charge in [-0.05, 0) is 62.1 Å². The van der Waals surface area contributed by atoms with Gasteiger partial charge in [0.1, 0.15) is 0 Å². The van der Waals surface area contributed by atoms with Crippen molar-refractivity contribution >= 4 is 11.8 Å². The van der Waals surface area contributed by atoms with Crippen LogP contribution >= 0.6 is 11.8 Å². The van der Waals surface area contributed by atoms with Crippen molar-refractivity contribution < 1.29 is 0 Å². The highest BCUT2D eigenvalue weighted by molar-refractivity contribution is 8.01. The molecule has 0 radical (unpaired) electrons. The Morgan fingerprint density at radius 1 is 1.07 bits per heavy atom. The summed E-state index contributed by atoms with van der Waals surface area (Å²) in [5.74, 6) is 1.32. The van der Waals surface area contributed by atoms with Crippen LogP contribution in [0.4, 0.5) is 0 Å². The minimum Gasteiger partial charge on any atom is -0.151 e. The fourth-order valence-electron chi connectivity index (χ4n) is 2.15. The van der Waals surface area contributed by atoms with E-state index in [1.54, 1.807) is 5.56 Å². The van der Waals surface area contributed by atoms with Crippen LogP contribution in [0.5, 0.6) is 0 Å². The first-order valence-corrected chi connectivity index (χ1v) is 6.24. The Hall–Kier alpha value is -0.430. The molecule has 76 valence electrons. The minimum atomic E-state index is 0.405. The van der Waals surface area contributed by atoms with Crippen LogP contribution < -0.4 is 0 Å². The van der Waals surface area contributed by atoms with Gasteiger partial charge >= 0.3 is 0 Å².